The molecule has 0 bridgehead atoms. The van der Waals surface area contributed by atoms with Crippen molar-refractivity contribution >= 4 is 12.0 Å². The fraction of sp³-hybridized carbons (Fsp3) is 0.545. The lowest BCUT2D eigenvalue weighted by atomic mass is 10.2. The number of aliphatic hydroxyl groups excluding tert-OH is 1. The highest BCUT2D eigenvalue weighted by molar-refractivity contribution is 5.83. The van der Waals surface area contributed by atoms with E-state index in [9.17, 15) is 14.7 Å². The number of nitrogens with one attached hydrogen (secondary N) is 1. The van der Waals surface area contributed by atoms with Crippen LogP contribution in [0.2, 0.25) is 0 Å². The maximum Gasteiger partial charge on any atom is 0.326 e. The van der Waals surface area contributed by atoms with Crippen LogP contribution in [0.3, 0.4) is 0 Å². The Kier molecular flexibility index (Phi) is 3.70. The average molecular weight is 269 g/mol. The van der Waals surface area contributed by atoms with Gasteiger partial charge in [0, 0.05) is 19.0 Å². The Morgan fingerprint density at radius 3 is 2.95 bits per heavy atom. The zero-order valence-corrected chi connectivity index (χ0v) is 10.4. The Balaban J connectivity index is 1.93. The maximum absolute atomic E-state index is 11.9. The quantitative estimate of drug-likeness (QED) is 0.694. The number of aliphatic carboxylic acids is 1. The molecule has 0 aliphatic carbocycles. The Labute approximate surface area is 109 Å². The molecule has 0 radical (unpaired) electrons. The molecule has 2 heterocycles. The molecule has 8 heteroatoms. The summed E-state index contributed by atoms with van der Waals surface area (Å²) in [5.41, 5.74) is 0.698. The molecule has 1 aliphatic rings. The largest absolute Gasteiger partial charge is 0.480 e. The van der Waals surface area contributed by atoms with Gasteiger partial charge in [0.25, 0.3) is 0 Å². The molecule has 1 aromatic heterocycles. The first-order valence-corrected chi connectivity index (χ1v) is 5.85. The molecular formula is C11H15N3O5. The van der Waals surface area contributed by atoms with Crippen LogP contribution in [0.1, 0.15) is 17.9 Å². The number of aryl methyl sites for hydroxylation is 1. The Morgan fingerprint density at radius 2 is 2.37 bits per heavy atom. The minimum atomic E-state index is -1.12. The van der Waals surface area contributed by atoms with Crippen LogP contribution in [-0.4, -0.2) is 51.0 Å². The topological polar surface area (TPSA) is 116 Å². The highest BCUT2D eigenvalue weighted by Crippen LogP contribution is 2.18. The summed E-state index contributed by atoms with van der Waals surface area (Å²) in [5.74, 6) is -0.639. The summed E-state index contributed by atoms with van der Waals surface area (Å²) >= 11 is 0. The Morgan fingerprint density at radius 1 is 1.63 bits per heavy atom. The van der Waals surface area contributed by atoms with Crippen molar-refractivity contribution in [2.45, 2.75) is 32.0 Å². The van der Waals surface area contributed by atoms with E-state index in [1.807, 2.05) is 0 Å². The van der Waals surface area contributed by atoms with Gasteiger partial charge in [-0.05, 0) is 6.92 Å². The standard InChI is InChI=1S/C11H15N3O5/c1-6-2-8(19-13-6)4-12-11(18)14-5-7(15)3-9(14)10(16)17/h2,7,9,15H,3-5H2,1H3,(H,12,18)(H,16,17)/t7-,9+/m1/s1. The fourth-order valence-corrected chi connectivity index (χ4v) is 2.04. The third-order valence-electron chi connectivity index (χ3n) is 2.92. The number of rotatable bonds is 3. The molecule has 2 atom stereocenters. The number of urea groups is 1. The second-order valence-corrected chi connectivity index (χ2v) is 4.49. The number of carboxylic acids is 1. The van der Waals surface area contributed by atoms with E-state index in [4.69, 9.17) is 9.63 Å². The molecule has 2 rings (SSSR count). The van der Waals surface area contributed by atoms with E-state index in [0.29, 0.717) is 11.5 Å². The smallest absolute Gasteiger partial charge is 0.326 e. The number of aliphatic hydroxyl groups is 1. The molecule has 1 saturated heterocycles. The summed E-state index contributed by atoms with van der Waals surface area (Å²) in [6.45, 7) is 1.89. The number of hydrogen-bond acceptors (Lipinski definition) is 5. The predicted octanol–water partition coefficient (Wildman–Crippen LogP) is -0.288. The molecular weight excluding hydrogens is 254 g/mol. The number of carbonyl (C=O) groups excluding carboxylic acids is 1. The minimum Gasteiger partial charge on any atom is -0.480 e. The van der Waals surface area contributed by atoms with Crippen molar-refractivity contribution in [2.75, 3.05) is 6.54 Å². The van der Waals surface area contributed by atoms with Gasteiger partial charge in [0.1, 0.15) is 6.04 Å². The summed E-state index contributed by atoms with van der Waals surface area (Å²) in [4.78, 5) is 23.9. The lowest BCUT2D eigenvalue weighted by molar-refractivity contribution is -0.141. The molecule has 0 spiro atoms. The molecule has 0 aromatic carbocycles. The van der Waals surface area contributed by atoms with Crippen LogP contribution in [-0.2, 0) is 11.3 Å². The average Bonchev–Trinajstić information content (AvgIpc) is 2.92. The third-order valence-corrected chi connectivity index (χ3v) is 2.92. The van der Waals surface area contributed by atoms with Crippen LogP contribution in [0.15, 0.2) is 10.6 Å². The number of likely N-dealkylation sites (tertiary alicyclic amines) is 1. The molecule has 0 unspecified atom stereocenters. The minimum absolute atomic E-state index is 0.0121. The summed E-state index contributed by atoms with van der Waals surface area (Å²) < 4.78 is 4.92. The van der Waals surface area contributed by atoms with Crippen molar-refractivity contribution in [3.05, 3.63) is 17.5 Å². The van der Waals surface area contributed by atoms with Gasteiger partial charge in [-0.1, -0.05) is 5.16 Å². The van der Waals surface area contributed by atoms with Crippen molar-refractivity contribution in [1.29, 1.82) is 0 Å². The van der Waals surface area contributed by atoms with Crippen molar-refractivity contribution in [3.8, 4) is 0 Å². The first-order chi connectivity index (χ1) is 8.97. The molecule has 1 aromatic rings. The zero-order chi connectivity index (χ0) is 14.0. The number of amides is 2. The third kappa shape index (κ3) is 3.02. The highest BCUT2D eigenvalue weighted by atomic mass is 16.5. The van der Waals surface area contributed by atoms with Crippen LogP contribution in [0.4, 0.5) is 4.79 Å². The second-order valence-electron chi connectivity index (χ2n) is 4.49. The Bertz CT molecular complexity index is 486. The fourth-order valence-electron chi connectivity index (χ4n) is 2.04. The van der Waals surface area contributed by atoms with Crippen LogP contribution in [0.5, 0.6) is 0 Å². The van der Waals surface area contributed by atoms with Gasteiger partial charge >= 0.3 is 12.0 Å². The van der Waals surface area contributed by atoms with Crippen LogP contribution in [0.25, 0.3) is 0 Å². The number of hydrogen-bond donors (Lipinski definition) is 3. The lowest BCUT2D eigenvalue weighted by Gasteiger charge is -2.21. The highest BCUT2D eigenvalue weighted by Gasteiger charge is 2.38. The lowest BCUT2D eigenvalue weighted by Crippen LogP contribution is -2.45. The molecule has 8 nitrogen and oxygen atoms in total. The number of carboxylic acid groups (broad SMARTS) is 1. The van der Waals surface area contributed by atoms with E-state index < -0.39 is 24.1 Å². The van der Waals surface area contributed by atoms with Gasteiger partial charge < -0.3 is 25.0 Å². The van der Waals surface area contributed by atoms with Gasteiger partial charge in [-0.3, -0.25) is 0 Å². The number of carbonyl (C=O) groups is 2. The molecule has 1 aliphatic heterocycles. The molecule has 104 valence electrons. The van der Waals surface area contributed by atoms with Crippen molar-refractivity contribution in [1.82, 2.24) is 15.4 Å². The van der Waals surface area contributed by atoms with Crippen LogP contribution in [0, 0.1) is 6.92 Å². The summed E-state index contributed by atoms with van der Waals surface area (Å²) in [7, 11) is 0. The number of aromatic nitrogens is 1. The van der Waals surface area contributed by atoms with E-state index in [2.05, 4.69) is 10.5 Å². The maximum atomic E-state index is 11.9. The van der Waals surface area contributed by atoms with E-state index in [0.717, 1.165) is 4.90 Å². The molecule has 19 heavy (non-hydrogen) atoms. The number of nitrogens with zero attached hydrogens (tertiary/aromatic N) is 2. The summed E-state index contributed by atoms with van der Waals surface area (Å²) in [6.07, 6.45) is -0.760. The van der Waals surface area contributed by atoms with Crippen LogP contribution >= 0.6 is 0 Å². The van der Waals surface area contributed by atoms with Crippen molar-refractivity contribution in [3.63, 3.8) is 0 Å². The molecule has 1 fully saturated rings. The van der Waals surface area contributed by atoms with Gasteiger partial charge in [-0.25, -0.2) is 9.59 Å². The van der Waals surface area contributed by atoms with E-state index in [-0.39, 0.29) is 19.5 Å². The summed E-state index contributed by atoms with van der Waals surface area (Å²) in [6, 6.07) is 0.137. The first kappa shape index (κ1) is 13.3. The zero-order valence-electron chi connectivity index (χ0n) is 10.4. The van der Waals surface area contributed by atoms with Crippen LogP contribution < -0.4 is 5.32 Å². The molecule has 3 N–H and O–H groups in total. The monoisotopic (exact) mass is 269 g/mol. The van der Waals surface area contributed by atoms with E-state index in [1.54, 1.807) is 13.0 Å². The van der Waals surface area contributed by atoms with Gasteiger partial charge in [0.05, 0.1) is 18.3 Å². The van der Waals surface area contributed by atoms with Gasteiger partial charge in [0.2, 0.25) is 0 Å². The normalized spacial score (nSPS) is 22.5. The molecule has 0 saturated carbocycles. The predicted molar refractivity (Wildman–Crippen MR) is 62.2 cm³/mol. The summed E-state index contributed by atoms with van der Waals surface area (Å²) in [5, 5.41) is 24.6. The Hall–Kier alpha value is -2.09. The number of β-amino-alcohol motifs (C(OH)–C–C–N with tert-alkyl or cyclic N) is 1. The second kappa shape index (κ2) is 5.27. The van der Waals surface area contributed by atoms with Gasteiger partial charge in [0.15, 0.2) is 5.76 Å². The van der Waals surface area contributed by atoms with Gasteiger partial charge in [-0.2, -0.15) is 0 Å². The van der Waals surface area contributed by atoms with Gasteiger partial charge in [-0.15, -0.1) is 0 Å². The van der Waals surface area contributed by atoms with E-state index in [1.165, 1.54) is 0 Å². The van der Waals surface area contributed by atoms with Crippen molar-refractivity contribution < 1.29 is 24.3 Å². The molecule has 2 amide bonds. The van der Waals surface area contributed by atoms with Crippen molar-refractivity contribution in [2.24, 2.45) is 0 Å². The first-order valence-electron chi connectivity index (χ1n) is 5.85. The van der Waals surface area contributed by atoms with E-state index >= 15 is 0 Å². The SMILES string of the molecule is Cc1cc(CNC(=O)N2C[C@H](O)C[C@H]2C(=O)O)on1.